The third-order valence-corrected chi connectivity index (χ3v) is 5.02. The summed E-state index contributed by atoms with van der Waals surface area (Å²) in [5.41, 5.74) is 1.54. The van der Waals surface area contributed by atoms with Gasteiger partial charge in [-0.05, 0) is 42.0 Å². The maximum Gasteiger partial charge on any atom is 0.176 e. The van der Waals surface area contributed by atoms with Crippen LogP contribution in [0.15, 0.2) is 42.6 Å². The van der Waals surface area contributed by atoms with E-state index >= 15 is 0 Å². The number of nitrogens with one attached hydrogen (secondary N) is 2. The molecule has 0 spiro atoms. The molecular formula is C19H17Cl3N4O2S. The standard InChI is InChI=1S/C19H17Cl3N4O2S/c1-27-13-5-6-16(17(8-13)28-2)23-19(29)24-18-15(22)10-26(25-18)9-11-3-4-12(20)7-14(11)21/h3-8,10H,9H2,1-2H3,(H2,23,24,25,29). The van der Waals surface area contributed by atoms with Crippen LogP contribution in [0.1, 0.15) is 5.56 Å². The van der Waals surface area contributed by atoms with Crippen LogP contribution < -0.4 is 20.1 Å². The van der Waals surface area contributed by atoms with E-state index in [0.717, 1.165) is 5.56 Å². The van der Waals surface area contributed by atoms with Crippen molar-refractivity contribution < 1.29 is 9.47 Å². The molecule has 10 heteroatoms. The summed E-state index contributed by atoms with van der Waals surface area (Å²) in [4.78, 5) is 0. The highest BCUT2D eigenvalue weighted by molar-refractivity contribution is 7.80. The number of methoxy groups -OCH3 is 2. The predicted octanol–water partition coefficient (Wildman–Crippen LogP) is 5.72. The number of nitrogens with zero attached hydrogens (tertiary/aromatic N) is 2. The molecule has 0 aliphatic rings. The minimum absolute atomic E-state index is 0.310. The predicted molar refractivity (Wildman–Crippen MR) is 122 cm³/mol. The number of thiocarbonyl (C=S) groups is 1. The van der Waals surface area contributed by atoms with Gasteiger partial charge >= 0.3 is 0 Å². The molecule has 0 saturated carbocycles. The van der Waals surface area contributed by atoms with Gasteiger partial charge in [0.2, 0.25) is 0 Å². The van der Waals surface area contributed by atoms with Crippen LogP contribution in [0.3, 0.4) is 0 Å². The third-order valence-electron chi connectivity index (χ3n) is 3.95. The molecule has 152 valence electrons. The lowest BCUT2D eigenvalue weighted by atomic mass is 10.2. The Labute approximate surface area is 188 Å². The minimum atomic E-state index is 0.310. The molecule has 29 heavy (non-hydrogen) atoms. The summed E-state index contributed by atoms with van der Waals surface area (Å²) in [7, 11) is 3.15. The van der Waals surface area contributed by atoms with Crippen molar-refractivity contribution in [2.24, 2.45) is 0 Å². The second-order valence-electron chi connectivity index (χ2n) is 5.90. The van der Waals surface area contributed by atoms with E-state index in [2.05, 4.69) is 15.7 Å². The first-order valence-corrected chi connectivity index (χ1v) is 9.90. The van der Waals surface area contributed by atoms with E-state index in [1.54, 1.807) is 55.4 Å². The van der Waals surface area contributed by atoms with Gasteiger partial charge in [0.25, 0.3) is 0 Å². The van der Waals surface area contributed by atoms with Gasteiger partial charge < -0.3 is 20.1 Å². The van der Waals surface area contributed by atoms with E-state index in [-0.39, 0.29) is 0 Å². The van der Waals surface area contributed by atoms with Crippen molar-refractivity contribution in [1.82, 2.24) is 9.78 Å². The topological polar surface area (TPSA) is 60.3 Å². The average Bonchev–Trinajstić information content (AvgIpc) is 3.03. The Morgan fingerprint density at radius 2 is 1.83 bits per heavy atom. The Morgan fingerprint density at radius 1 is 1.03 bits per heavy atom. The normalized spacial score (nSPS) is 10.5. The maximum atomic E-state index is 6.29. The van der Waals surface area contributed by atoms with Crippen molar-refractivity contribution in [2.75, 3.05) is 24.9 Å². The van der Waals surface area contributed by atoms with E-state index in [4.69, 9.17) is 56.5 Å². The first-order chi connectivity index (χ1) is 13.9. The molecule has 2 aromatic carbocycles. The summed E-state index contributed by atoms with van der Waals surface area (Å²) < 4.78 is 12.2. The fourth-order valence-electron chi connectivity index (χ4n) is 2.55. The lowest BCUT2D eigenvalue weighted by Crippen LogP contribution is -2.20. The number of halogens is 3. The zero-order chi connectivity index (χ0) is 21.0. The van der Waals surface area contributed by atoms with E-state index in [1.165, 1.54) is 0 Å². The molecule has 1 aromatic heterocycles. The van der Waals surface area contributed by atoms with E-state index in [1.807, 2.05) is 6.07 Å². The van der Waals surface area contributed by atoms with Gasteiger partial charge in [-0.3, -0.25) is 4.68 Å². The van der Waals surface area contributed by atoms with Gasteiger partial charge in [0.1, 0.15) is 16.5 Å². The highest BCUT2D eigenvalue weighted by Crippen LogP contribution is 2.29. The van der Waals surface area contributed by atoms with Crippen LogP contribution >= 0.6 is 47.0 Å². The summed E-state index contributed by atoms with van der Waals surface area (Å²) in [6.45, 7) is 0.434. The second-order valence-corrected chi connectivity index (χ2v) is 7.56. The van der Waals surface area contributed by atoms with Crippen molar-refractivity contribution in [3.63, 3.8) is 0 Å². The smallest absolute Gasteiger partial charge is 0.176 e. The molecule has 0 amide bonds. The molecule has 0 radical (unpaired) electrons. The number of hydrogen-bond acceptors (Lipinski definition) is 4. The van der Waals surface area contributed by atoms with Crippen LogP contribution in [0.5, 0.6) is 11.5 Å². The van der Waals surface area contributed by atoms with Gasteiger partial charge in [0, 0.05) is 22.3 Å². The van der Waals surface area contributed by atoms with Crippen LogP contribution in [-0.2, 0) is 6.54 Å². The fourth-order valence-corrected chi connectivity index (χ4v) is 3.42. The van der Waals surface area contributed by atoms with Gasteiger partial charge in [-0.2, -0.15) is 5.10 Å². The van der Waals surface area contributed by atoms with Gasteiger partial charge in [-0.25, -0.2) is 0 Å². The summed E-state index contributed by atoms with van der Waals surface area (Å²) in [6, 6.07) is 10.6. The van der Waals surface area contributed by atoms with Crippen molar-refractivity contribution >= 4 is 63.6 Å². The van der Waals surface area contributed by atoms with Gasteiger partial charge in [-0.1, -0.05) is 40.9 Å². The zero-order valence-corrected chi connectivity index (χ0v) is 18.6. The van der Waals surface area contributed by atoms with Crippen molar-refractivity contribution in [3.05, 3.63) is 63.2 Å². The zero-order valence-electron chi connectivity index (χ0n) is 15.5. The van der Waals surface area contributed by atoms with Crippen molar-refractivity contribution in [3.8, 4) is 11.5 Å². The average molecular weight is 472 g/mol. The monoisotopic (exact) mass is 470 g/mol. The molecule has 0 atom stereocenters. The van der Waals surface area contributed by atoms with Crippen LogP contribution in [0.2, 0.25) is 15.1 Å². The molecule has 3 aromatic rings. The van der Waals surface area contributed by atoms with Gasteiger partial charge in [0.15, 0.2) is 10.9 Å². The molecule has 6 nitrogen and oxygen atoms in total. The Balaban J connectivity index is 1.70. The number of benzene rings is 2. The van der Waals surface area contributed by atoms with Crippen molar-refractivity contribution in [2.45, 2.75) is 6.54 Å². The number of rotatable bonds is 6. The van der Waals surface area contributed by atoms with E-state index < -0.39 is 0 Å². The molecular weight excluding hydrogens is 455 g/mol. The Kier molecular flexibility index (Phi) is 7.08. The summed E-state index contributed by atoms with van der Waals surface area (Å²) in [6.07, 6.45) is 1.69. The molecule has 0 saturated heterocycles. The molecule has 2 N–H and O–H groups in total. The lowest BCUT2D eigenvalue weighted by molar-refractivity contribution is 0.395. The highest BCUT2D eigenvalue weighted by Gasteiger charge is 2.12. The number of hydrogen-bond donors (Lipinski definition) is 2. The molecule has 0 aliphatic heterocycles. The van der Waals surface area contributed by atoms with E-state index in [9.17, 15) is 0 Å². The van der Waals surface area contributed by atoms with Crippen molar-refractivity contribution in [1.29, 1.82) is 0 Å². The van der Waals surface area contributed by atoms with Crippen LogP contribution in [0.4, 0.5) is 11.5 Å². The molecule has 0 fully saturated rings. The van der Waals surface area contributed by atoms with Crippen LogP contribution in [0.25, 0.3) is 0 Å². The molecule has 3 rings (SSSR count). The summed E-state index contributed by atoms with van der Waals surface area (Å²) >= 11 is 23.8. The first-order valence-electron chi connectivity index (χ1n) is 8.36. The molecule has 0 bridgehead atoms. The molecule has 1 heterocycles. The minimum Gasteiger partial charge on any atom is -0.497 e. The highest BCUT2D eigenvalue weighted by atomic mass is 35.5. The van der Waals surface area contributed by atoms with Gasteiger partial charge in [0.05, 0.1) is 26.5 Å². The van der Waals surface area contributed by atoms with Crippen LogP contribution in [0, 0.1) is 0 Å². The Bertz CT molecular complexity index is 1040. The number of aromatic nitrogens is 2. The summed E-state index contributed by atoms with van der Waals surface area (Å²) in [5, 5.41) is 12.3. The third kappa shape index (κ3) is 5.45. The number of anilines is 2. The lowest BCUT2D eigenvalue weighted by Gasteiger charge is -2.13. The molecule has 0 aliphatic carbocycles. The van der Waals surface area contributed by atoms with Crippen LogP contribution in [-0.4, -0.2) is 29.1 Å². The Hall–Kier alpha value is -2.19. The summed E-state index contributed by atoms with van der Waals surface area (Å²) in [5.74, 6) is 1.68. The Morgan fingerprint density at radius 3 is 2.52 bits per heavy atom. The molecule has 0 unspecified atom stereocenters. The number of ether oxygens (including phenoxy) is 2. The first kappa shape index (κ1) is 21.5. The fraction of sp³-hybridized carbons (Fsp3) is 0.158. The maximum absolute atomic E-state index is 6.29. The van der Waals surface area contributed by atoms with Gasteiger partial charge in [-0.15, -0.1) is 0 Å². The second kappa shape index (κ2) is 9.54. The largest absolute Gasteiger partial charge is 0.497 e. The SMILES string of the molecule is COc1ccc(NC(=S)Nc2nn(Cc3ccc(Cl)cc3Cl)cc2Cl)c(OC)c1. The quantitative estimate of drug-likeness (QED) is 0.449. The van der Waals surface area contributed by atoms with E-state index in [0.29, 0.717) is 49.7 Å².